The minimum absolute atomic E-state index is 0. The average Bonchev–Trinajstić information content (AvgIpc) is 3.60. The van der Waals surface area contributed by atoms with Crippen LogP contribution in [-0.4, -0.2) is 33.1 Å². The number of methoxy groups -OCH3 is 1. The van der Waals surface area contributed by atoms with Crippen molar-refractivity contribution in [3.63, 3.8) is 0 Å². The molecule has 2 aromatic heterocycles. The van der Waals surface area contributed by atoms with E-state index in [1.807, 2.05) is 82.1 Å². The molecule has 0 N–H and O–H groups in total. The molecule has 0 aliphatic heterocycles. The fourth-order valence-corrected chi connectivity index (χ4v) is 3.55. The van der Waals surface area contributed by atoms with Gasteiger partial charge in [0, 0.05) is 12.1 Å². The number of aromatic nitrogens is 4. The summed E-state index contributed by atoms with van der Waals surface area (Å²) in [6, 6.07) is 7.71. The minimum Gasteiger partial charge on any atom is -0.497 e. The molecule has 2 aliphatic rings. The molecule has 0 saturated heterocycles. The van der Waals surface area contributed by atoms with Gasteiger partial charge >= 0.3 is 17.1 Å². The SMILES string of the molecule is COc1ccc(/C=N/c2nc([C]3[CH][CH][CH][CH]3)c(-n3cncn3)s2)cc1.[CH]1[CH][CH][CH][CH]1.[Fe+2]. The molecule has 1 aromatic carbocycles. The summed E-state index contributed by atoms with van der Waals surface area (Å²) in [5.41, 5.74) is 1.83. The van der Waals surface area contributed by atoms with Gasteiger partial charge in [0.05, 0.1) is 12.8 Å². The molecule has 5 rings (SSSR count). The molecule has 6 nitrogen and oxygen atoms in total. The molecule has 0 unspecified atom stereocenters. The first-order valence-electron chi connectivity index (χ1n) is 9.26. The number of rotatable bonds is 5. The van der Waals surface area contributed by atoms with Gasteiger partial charge in [-0.3, -0.25) is 0 Å². The Morgan fingerprint density at radius 3 is 2.23 bits per heavy atom. The number of nitrogens with zero attached hydrogens (tertiary/aromatic N) is 5. The number of hydrogen-bond acceptors (Lipinski definition) is 6. The van der Waals surface area contributed by atoms with Crippen LogP contribution in [0.25, 0.3) is 5.00 Å². The van der Waals surface area contributed by atoms with Gasteiger partial charge in [-0.15, -0.1) is 0 Å². The zero-order chi connectivity index (χ0) is 20.6. The van der Waals surface area contributed by atoms with Gasteiger partial charge in [-0.05, 0) is 87.6 Å². The van der Waals surface area contributed by atoms with Crippen molar-refractivity contribution in [1.29, 1.82) is 0 Å². The van der Waals surface area contributed by atoms with Crippen LogP contribution in [0, 0.1) is 63.7 Å². The molecule has 0 atom stereocenters. The van der Waals surface area contributed by atoms with Gasteiger partial charge in [0.25, 0.3) is 0 Å². The van der Waals surface area contributed by atoms with E-state index in [1.54, 1.807) is 24.3 Å². The second-order valence-corrected chi connectivity index (χ2v) is 7.11. The number of ether oxygens (including phenoxy) is 1. The van der Waals surface area contributed by atoms with Crippen LogP contribution in [0.3, 0.4) is 0 Å². The first kappa shape index (κ1) is 23.6. The van der Waals surface area contributed by atoms with Gasteiger partial charge < -0.3 is 4.74 Å². The van der Waals surface area contributed by atoms with Crippen LogP contribution in [0.5, 0.6) is 5.75 Å². The Balaban J connectivity index is 0.000000401. The van der Waals surface area contributed by atoms with Gasteiger partial charge in [0.2, 0.25) is 5.13 Å². The van der Waals surface area contributed by atoms with Gasteiger partial charge in [0.15, 0.2) is 0 Å². The van der Waals surface area contributed by atoms with E-state index < -0.39 is 0 Å². The van der Waals surface area contributed by atoms with E-state index >= 15 is 0 Å². The Bertz CT molecular complexity index is 922. The van der Waals surface area contributed by atoms with E-state index in [9.17, 15) is 0 Å². The van der Waals surface area contributed by atoms with Crippen molar-refractivity contribution in [2.24, 2.45) is 4.99 Å². The monoisotopic (exact) mass is 469 g/mol. The first-order chi connectivity index (χ1) is 14.8. The third-order valence-corrected chi connectivity index (χ3v) is 5.11. The van der Waals surface area contributed by atoms with Crippen molar-refractivity contribution in [3.8, 4) is 10.8 Å². The average molecular weight is 469 g/mol. The first-order valence-corrected chi connectivity index (χ1v) is 10.1. The summed E-state index contributed by atoms with van der Waals surface area (Å²) in [6.45, 7) is 0. The summed E-state index contributed by atoms with van der Waals surface area (Å²) >= 11 is 1.47. The summed E-state index contributed by atoms with van der Waals surface area (Å²) < 4.78 is 6.88. The molecule has 2 heterocycles. The largest absolute Gasteiger partial charge is 2.00 e. The predicted octanol–water partition coefficient (Wildman–Crippen LogP) is 4.26. The van der Waals surface area contributed by atoms with Gasteiger partial charge in [-0.1, -0.05) is 11.3 Å². The van der Waals surface area contributed by atoms with E-state index in [0.29, 0.717) is 5.13 Å². The molecular formula is C23H19FeN5OS+2. The van der Waals surface area contributed by atoms with E-state index in [-0.39, 0.29) is 17.1 Å². The van der Waals surface area contributed by atoms with Crippen LogP contribution >= 0.6 is 11.3 Å². The van der Waals surface area contributed by atoms with Crippen LogP contribution in [0.2, 0.25) is 0 Å². The van der Waals surface area contributed by atoms with E-state index in [4.69, 9.17) is 4.74 Å². The third kappa shape index (κ3) is 6.48. The molecule has 0 amide bonds. The zero-order valence-electron chi connectivity index (χ0n) is 16.6. The maximum absolute atomic E-state index is 5.16. The molecule has 2 aliphatic carbocycles. The fraction of sp³-hybridized carbons (Fsp3) is 0.0435. The molecule has 31 heavy (non-hydrogen) atoms. The smallest absolute Gasteiger partial charge is 0.497 e. The Hall–Kier alpha value is -2.02. The summed E-state index contributed by atoms with van der Waals surface area (Å²) in [5.74, 6) is 1.85. The molecule has 154 valence electrons. The Kier molecular flexibility index (Phi) is 9.25. The fourth-order valence-electron chi connectivity index (χ4n) is 2.69. The zero-order valence-corrected chi connectivity index (χ0v) is 18.6. The number of thiazole rings is 1. The summed E-state index contributed by atoms with van der Waals surface area (Å²) in [5, 5.41) is 5.78. The maximum atomic E-state index is 5.16. The van der Waals surface area contributed by atoms with Crippen LogP contribution in [-0.2, 0) is 17.1 Å². The van der Waals surface area contributed by atoms with Crippen molar-refractivity contribution in [3.05, 3.63) is 112 Å². The molecule has 10 radical (unpaired) electrons. The molecule has 2 fully saturated rings. The van der Waals surface area contributed by atoms with Crippen LogP contribution < -0.4 is 4.74 Å². The quantitative estimate of drug-likeness (QED) is 0.414. The van der Waals surface area contributed by atoms with Crippen LogP contribution in [0.4, 0.5) is 5.13 Å². The number of hydrogen-bond donors (Lipinski definition) is 0. The Morgan fingerprint density at radius 2 is 1.65 bits per heavy atom. The summed E-state index contributed by atoms with van der Waals surface area (Å²) in [4.78, 5) is 13.2. The van der Waals surface area contributed by atoms with Gasteiger partial charge in [-0.25, -0.2) is 19.6 Å². The summed E-state index contributed by atoms with van der Waals surface area (Å²) in [6.07, 6.45) is 23.0. The summed E-state index contributed by atoms with van der Waals surface area (Å²) in [7, 11) is 1.65. The van der Waals surface area contributed by atoms with Gasteiger partial charge in [-0.2, -0.15) is 5.10 Å². The Morgan fingerprint density at radius 1 is 0.968 bits per heavy atom. The molecule has 2 saturated carbocycles. The predicted molar refractivity (Wildman–Crippen MR) is 118 cm³/mol. The van der Waals surface area contributed by atoms with Crippen molar-refractivity contribution in [2.45, 2.75) is 0 Å². The normalized spacial score (nSPS) is 16.2. The minimum atomic E-state index is 0. The second-order valence-electron chi connectivity index (χ2n) is 6.16. The Labute approximate surface area is 198 Å². The van der Waals surface area contributed by atoms with Crippen molar-refractivity contribution in [1.82, 2.24) is 19.7 Å². The van der Waals surface area contributed by atoms with E-state index in [0.717, 1.165) is 27.9 Å². The van der Waals surface area contributed by atoms with E-state index in [2.05, 4.69) is 20.1 Å². The van der Waals surface area contributed by atoms with Gasteiger partial charge in [0.1, 0.15) is 23.4 Å². The van der Waals surface area contributed by atoms with Crippen LogP contribution in [0.15, 0.2) is 41.9 Å². The third-order valence-electron chi connectivity index (χ3n) is 4.16. The van der Waals surface area contributed by atoms with Crippen molar-refractivity contribution >= 4 is 22.7 Å². The topological polar surface area (TPSA) is 65.2 Å². The molecular weight excluding hydrogens is 450 g/mol. The molecule has 0 bridgehead atoms. The molecule has 8 heteroatoms. The standard InChI is InChI=1S/C18H14N5OS.C5H5.Fe/c1-24-15-8-6-13(7-9-15)10-20-18-22-16(14-4-2-3-5-14)17(25-18)23-12-19-11-21-23;1-2-4-5-3-1;/h2-12H,1H3;1-5H;/q;;+2/b20-10+;;. The van der Waals surface area contributed by atoms with Crippen molar-refractivity contribution < 1.29 is 21.8 Å². The molecule has 0 spiro atoms. The van der Waals surface area contributed by atoms with Crippen molar-refractivity contribution in [2.75, 3.05) is 7.11 Å². The number of benzene rings is 1. The van der Waals surface area contributed by atoms with Crippen LogP contribution in [0.1, 0.15) is 11.3 Å². The number of aliphatic imine (C=N–C) groups is 1. The van der Waals surface area contributed by atoms with E-state index in [1.165, 1.54) is 17.7 Å². The maximum Gasteiger partial charge on any atom is 2.00 e. The second kappa shape index (κ2) is 12.1. The molecule has 3 aromatic rings.